The molecule has 56 valence electrons. The van der Waals surface area contributed by atoms with Gasteiger partial charge >= 0.3 is 10.3 Å². The third kappa shape index (κ3) is 2.03. The molecule has 0 saturated carbocycles. The Balaban J connectivity index is 2.75. The van der Waals surface area contributed by atoms with Crippen LogP contribution in [0.5, 0.6) is 5.88 Å². The van der Waals surface area contributed by atoms with Crippen LogP contribution in [0.15, 0.2) is 12.3 Å². The van der Waals surface area contributed by atoms with Crippen LogP contribution in [0.2, 0.25) is 0 Å². The summed E-state index contributed by atoms with van der Waals surface area (Å²) in [5.74, 6) is 0.00231. The standard InChI is InChI=1S/C3H5N3O3S/c4-10(7,8)9-3-1-2-5-6-3/h1-2H,(H,5,6)(H2,4,7,8). The number of nitrogens with two attached hydrogens (primary N) is 1. The second-order valence-electron chi connectivity index (χ2n) is 1.50. The van der Waals surface area contributed by atoms with Crippen LogP contribution in [0.3, 0.4) is 0 Å². The van der Waals surface area contributed by atoms with E-state index in [0.717, 1.165) is 0 Å². The van der Waals surface area contributed by atoms with Crippen molar-refractivity contribution in [1.29, 1.82) is 0 Å². The summed E-state index contributed by atoms with van der Waals surface area (Å²) >= 11 is 0. The fraction of sp³-hybridized carbons (Fsp3) is 0. The van der Waals surface area contributed by atoms with E-state index in [1.54, 1.807) is 0 Å². The summed E-state index contributed by atoms with van der Waals surface area (Å²) < 4.78 is 24.6. The molecule has 0 fully saturated rings. The molecule has 0 aliphatic carbocycles. The minimum atomic E-state index is -3.92. The molecule has 0 radical (unpaired) electrons. The molecule has 0 aromatic carbocycles. The second-order valence-corrected chi connectivity index (χ2v) is 2.65. The molecular weight excluding hydrogens is 158 g/mol. The Morgan fingerprint density at radius 3 is 2.80 bits per heavy atom. The summed E-state index contributed by atoms with van der Waals surface area (Å²) in [5.41, 5.74) is 0. The Hall–Kier alpha value is -1.08. The van der Waals surface area contributed by atoms with Gasteiger partial charge in [0.1, 0.15) is 0 Å². The van der Waals surface area contributed by atoms with E-state index in [1.807, 2.05) is 0 Å². The van der Waals surface area contributed by atoms with Crippen molar-refractivity contribution in [3.8, 4) is 5.88 Å². The van der Waals surface area contributed by atoms with Crippen molar-refractivity contribution in [2.45, 2.75) is 0 Å². The van der Waals surface area contributed by atoms with Crippen LogP contribution in [-0.2, 0) is 10.3 Å². The van der Waals surface area contributed by atoms with Crippen LogP contribution in [-0.4, -0.2) is 18.6 Å². The third-order valence-corrected chi connectivity index (χ3v) is 1.09. The summed E-state index contributed by atoms with van der Waals surface area (Å²) in [6, 6.07) is 1.34. The number of hydrogen-bond acceptors (Lipinski definition) is 4. The highest BCUT2D eigenvalue weighted by Crippen LogP contribution is 2.02. The Morgan fingerprint density at radius 2 is 2.40 bits per heavy atom. The first-order valence-electron chi connectivity index (χ1n) is 2.29. The van der Waals surface area contributed by atoms with Gasteiger partial charge in [0.05, 0.1) is 6.20 Å². The Morgan fingerprint density at radius 1 is 1.70 bits per heavy atom. The molecule has 0 atom stereocenters. The average molecular weight is 163 g/mol. The van der Waals surface area contributed by atoms with Crippen LogP contribution in [0.4, 0.5) is 0 Å². The topological polar surface area (TPSA) is 98.1 Å². The molecule has 7 heteroatoms. The minimum Gasteiger partial charge on any atom is -0.351 e. The van der Waals surface area contributed by atoms with Crippen LogP contribution in [0, 0.1) is 0 Å². The minimum absolute atomic E-state index is 0.00231. The van der Waals surface area contributed by atoms with Gasteiger partial charge in [-0.3, -0.25) is 0 Å². The van der Waals surface area contributed by atoms with Gasteiger partial charge < -0.3 is 4.18 Å². The lowest BCUT2D eigenvalue weighted by atomic mass is 10.7. The molecule has 0 spiro atoms. The number of H-pyrrole nitrogens is 1. The van der Waals surface area contributed by atoms with Crippen molar-refractivity contribution in [2.75, 3.05) is 0 Å². The molecule has 0 aliphatic heterocycles. The summed E-state index contributed by atoms with van der Waals surface area (Å²) in [6.07, 6.45) is 1.35. The van der Waals surface area contributed by atoms with Crippen LogP contribution in [0.1, 0.15) is 0 Å². The molecule has 0 saturated heterocycles. The quantitative estimate of drug-likeness (QED) is 0.583. The van der Waals surface area contributed by atoms with E-state index in [4.69, 9.17) is 0 Å². The number of nitrogens with one attached hydrogen (secondary N) is 1. The molecule has 6 nitrogen and oxygen atoms in total. The fourth-order valence-electron chi connectivity index (χ4n) is 0.415. The van der Waals surface area contributed by atoms with Crippen molar-refractivity contribution >= 4 is 10.3 Å². The summed E-state index contributed by atoms with van der Waals surface area (Å²) in [5, 5.41) is 10.2. The maximum absolute atomic E-state index is 10.2. The molecule has 1 rings (SSSR count). The van der Waals surface area contributed by atoms with Crippen LogP contribution >= 0.6 is 0 Å². The van der Waals surface area contributed by atoms with Gasteiger partial charge in [-0.25, -0.2) is 5.10 Å². The molecule has 1 heterocycles. The first-order valence-corrected chi connectivity index (χ1v) is 3.77. The van der Waals surface area contributed by atoms with Crippen molar-refractivity contribution in [2.24, 2.45) is 5.14 Å². The summed E-state index contributed by atoms with van der Waals surface area (Å²) in [7, 11) is -3.92. The van der Waals surface area contributed by atoms with Gasteiger partial charge in [0, 0.05) is 6.07 Å². The molecular formula is C3H5N3O3S. The fourth-order valence-corrected chi connectivity index (χ4v) is 0.758. The Kier molecular flexibility index (Phi) is 1.60. The van der Waals surface area contributed by atoms with Crippen LogP contribution in [0.25, 0.3) is 0 Å². The summed E-state index contributed by atoms with van der Waals surface area (Å²) in [6.45, 7) is 0. The second kappa shape index (κ2) is 2.27. The van der Waals surface area contributed by atoms with Gasteiger partial charge in [-0.2, -0.15) is 18.7 Å². The van der Waals surface area contributed by atoms with Gasteiger partial charge in [0.25, 0.3) is 0 Å². The van der Waals surface area contributed by atoms with Crippen molar-refractivity contribution in [1.82, 2.24) is 10.2 Å². The zero-order chi connectivity index (χ0) is 7.61. The van der Waals surface area contributed by atoms with Gasteiger partial charge in [-0.05, 0) is 0 Å². The molecule has 0 amide bonds. The Labute approximate surface area is 57.3 Å². The van der Waals surface area contributed by atoms with Gasteiger partial charge in [-0.15, -0.1) is 0 Å². The zero-order valence-electron chi connectivity index (χ0n) is 4.81. The van der Waals surface area contributed by atoms with E-state index in [9.17, 15) is 8.42 Å². The number of aromatic amines is 1. The average Bonchev–Trinajstić information content (AvgIpc) is 2.12. The lowest BCUT2D eigenvalue weighted by molar-refractivity contribution is 0.477. The molecule has 1 aromatic rings. The summed E-state index contributed by atoms with van der Waals surface area (Å²) in [4.78, 5) is 0. The highest BCUT2D eigenvalue weighted by Gasteiger charge is 2.03. The SMILES string of the molecule is NS(=O)(=O)Oc1ccn[nH]1. The number of rotatable bonds is 2. The first-order chi connectivity index (χ1) is 4.58. The van der Waals surface area contributed by atoms with E-state index >= 15 is 0 Å². The number of aromatic nitrogens is 2. The molecule has 1 aromatic heterocycles. The first kappa shape index (κ1) is 7.03. The van der Waals surface area contributed by atoms with Gasteiger partial charge in [0.2, 0.25) is 5.88 Å². The molecule has 0 unspecified atom stereocenters. The third-order valence-electron chi connectivity index (χ3n) is 0.681. The maximum Gasteiger partial charge on any atom is 0.381 e. The predicted molar refractivity (Wildman–Crippen MR) is 32.3 cm³/mol. The van der Waals surface area contributed by atoms with E-state index in [-0.39, 0.29) is 5.88 Å². The largest absolute Gasteiger partial charge is 0.381 e. The van der Waals surface area contributed by atoms with Crippen molar-refractivity contribution in [3.05, 3.63) is 12.3 Å². The maximum atomic E-state index is 10.2. The normalized spacial score (nSPS) is 11.3. The van der Waals surface area contributed by atoms with Crippen LogP contribution < -0.4 is 9.32 Å². The van der Waals surface area contributed by atoms with Gasteiger partial charge in [0.15, 0.2) is 0 Å². The Bertz CT molecular complexity index is 289. The number of nitrogens with zero attached hydrogens (tertiary/aromatic N) is 1. The highest BCUT2D eigenvalue weighted by atomic mass is 32.2. The molecule has 3 N–H and O–H groups in total. The smallest absolute Gasteiger partial charge is 0.351 e. The van der Waals surface area contributed by atoms with Crippen molar-refractivity contribution in [3.63, 3.8) is 0 Å². The van der Waals surface area contributed by atoms with Gasteiger partial charge in [-0.1, -0.05) is 0 Å². The van der Waals surface area contributed by atoms with E-state index in [1.165, 1.54) is 12.3 Å². The van der Waals surface area contributed by atoms with E-state index in [0.29, 0.717) is 0 Å². The monoisotopic (exact) mass is 163 g/mol. The number of hydrogen-bond donors (Lipinski definition) is 2. The molecule has 0 aliphatic rings. The zero-order valence-corrected chi connectivity index (χ0v) is 5.63. The van der Waals surface area contributed by atoms with Crippen molar-refractivity contribution < 1.29 is 12.6 Å². The molecule has 0 bridgehead atoms. The highest BCUT2D eigenvalue weighted by molar-refractivity contribution is 7.84. The predicted octanol–water partition coefficient (Wildman–Crippen LogP) is -1.01. The van der Waals surface area contributed by atoms with E-state index < -0.39 is 10.3 Å². The lowest BCUT2D eigenvalue weighted by Gasteiger charge is -1.94. The van der Waals surface area contributed by atoms with E-state index in [2.05, 4.69) is 19.5 Å². The lowest BCUT2D eigenvalue weighted by Crippen LogP contribution is -2.19. The molecule has 10 heavy (non-hydrogen) atoms.